The summed E-state index contributed by atoms with van der Waals surface area (Å²) in [4.78, 5) is 33.8. The van der Waals surface area contributed by atoms with Crippen molar-refractivity contribution in [3.63, 3.8) is 0 Å². The number of para-hydroxylation sites is 1. The predicted octanol–water partition coefficient (Wildman–Crippen LogP) is 6.52. The van der Waals surface area contributed by atoms with Gasteiger partial charge in [-0.15, -0.1) is 0 Å². The SMILES string of the molecule is CCCCC(CC)CN1C(=O)/C(=C\c2c(Oc3ccccc3C)nc3c(C)cccn3c2=O)SC1=S. The molecular formula is C28H31N3O3S2. The fraction of sp³-hybridized carbons (Fsp3) is 0.357. The van der Waals surface area contributed by atoms with Crippen molar-refractivity contribution >= 4 is 45.9 Å². The fourth-order valence-corrected chi connectivity index (χ4v) is 5.49. The molecule has 3 heterocycles. The number of thiocarbonyl (C=S) groups is 1. The zero-order valence-corrected chi connectivity index (χ0v) is 22.7. The molecule has 1 unspecified atom stereocenters. The molecule has 1 aromatic carbocycles. The Morgan fingerprint density at radius 1 is 1.11 bits per heavy atom. The zero-order valence-electron chi connectivity index (χ0n) is 21.1. The van der Waals surface area contributed by atoms with Gasteiger partial charge in [-0.3, -0.25) is 18.9 Å². The van der Waals surface area contributed by atoms with E-state index < -0.39 is 0 Å². The lowest BCUT2D eigenvalue weighted by atomic mass is 9.99. The lowest BCUT2D eigenvalue weighted by Gasteiger charge is -2.21. The summed E-state index contributed by atoms with van der Waals surface area (Å²) in [6.07, 6.45) is 7.56. The van der Waals surface area contributed by atoms with Crippen LogP contribution in [-0.2, 0) is 4.79 Å². The minimum Gasteiger partial charge on any atom is -0.438 e. The van der Waals surface area contributed by atoms with Crippen molar-refractivity contribution in [3.8, 4) is 11.6 Å². The molecule has 0 radical (unpaired) electrons. The van der Waals surface area contributed by atoms with E-state index in [1.807, 2.05) is 44.2 Å². The topological polar surface area (TPSA) is 63.9 Å². The van der Waals surface area contributed by atoms with Crippen LogP contribution in [0.3, 0.4) is 0 Å². The van der Waals surface area contributed by atoms with Crippen molar-refractivity contribution in [2.75, 3.05) is 6.54 Å². The molecular weight excluding hydrogens is 490 g/mol. The highest BCUT2D eigenvalue weighted by atomic mass is 32.2. The highest BCUT2D eigenvalue weighted by Crippen LogP contribution is 2.35. The number of nitrogens with zero attached hydrogens (tertiary/aromatic N) is 3. The van der Waals surface area contributed by atoms with Crippen LogP contribution in [-0.4, -0.2) is 31.1 Å². The minimum atomic E-state index is -0.299. The molecule has 1 aliphatic heterocycles. The van der Waals surface area contributed by atoms with Crippen LogP contribution >= 0.6 is 24.0 Å². The van der Waals surface area contributed by atoms with Gasteiger partial charge in [0.25, 0.3) is 11.5 Å². The molecule has 0 bridgehead atoms. The molecule has 8 heteroatoms. The average molecular weight is 522 g/mol. The van der Waals surface area contributed by atoms with Crippen LogP contribution in [0.4, 0.5) is 0 Å². The molecule has 0 N–H and O–H groups in total. The third-order valence-electron chi connectivity index (χ3n) is 6.48. The molecule has 1 aliphatic rings. The molecule has 0 aliphatic carbocycles. The van der Waals surface area contributed by atoms with Crippen molar-refractivity contribution in [2.45, 2.75) is 53.4 Å². The maximum absolute atomic E-state index is 13.6. The summed E-state index contributed by atoms with van der Waals surface area (Å²) < 4.78 is 8.18. The zero-order chi connectivity index (χ0) is 25.8. The Morgan fingerprint density at radius 2 is 1.86 bits per heavy atom. The molecule has 1 atom stereocenters. The summed E-state index contributed by atoms with van der Waals surface area (Å²) in [7, 11) is 0. The first-order valence-electron chi connectivity index (χ1n) is 12.3. The van der Waals surface area contributed by atoms with Crippen LogP contribution in [0.1, 0.15) is 56.2 Å². The molecule has 4 rings (SSSR count). The van der Waals surface area contributed by atoms with Gasteiger partial charge in [-0.25, -0.2) is 0 Å². The summed E-state index contributed by atoms with van der Waals surface area (Å²) in [6, 6.07) is 11.3. The van der Waals surface area contributed by atoms with E-state index in [9.17, 15) is 9.59 Å². The van der Waals surface area contributed by atoms with Crippen LogP contribution in [0, 0.1) is 19.8 Å². The highest BCUT2D eigenvalue weighted by Gasteiger charge is 2.34. The largest absolute Gasteiger partial charge is 0.438 e. The van der Waals surface area contributed by atoms with E-state index in [4.69, 9.17) is 21.9 Å². The third kappa shape index (κ3) is 5.39. The van der Waals surface area contributed by atoms with E-state index in [-0.39, 0.29) is 22.9 Å². The number of pyridine rings is 1. The molecule has 3 aromatic rings. The first-order valence-corrected chi connectivity index (χ1v) is 13.6. The number of fused-ring (bicyclic) bond motifs is 1. The Bertz CT molecular complexity index is 1400. The molecule has 2 aromatic heterocycles. The number of carbonyl (C=O) groups is 1. The predicted molar refractivity (Wildman–Crippen MR) is 151 cm³/mol. The summed E-state index contributed by atoms with van der Waals surface area (Å²) in [6.45, 7) is 8.74. The van der Waals surface area contributed by atoms with Gasteiger partial charge >= 0.3 is 0 Å². The Kier molecular flexibility index (Phi) is 8.26. The Labute approximate surface area is 221 Å². The molecule has 36 heavy (non-hydrogen) atoms. The number of benzene rings is 1. The molecule has 188 valence electrons. The lowest BCUT2D eigenvalue weighted by molar-refractivity contribution is -0.122. The lowest BCUT2D eigenvalue weighted by Crippen LogP contribution is -2.33. The second-order valence-electron chi connectivity index (χ2n) is 9.10. The summed E-state index contributed by atoms with van der Waals surface area (Å²) in [5, 5.41) is 0. The van der Waals surface area contributed by atoms with Gasteiger partial charge < -0.3 is 4.74 Å². The number of hydrogen-bond acceptors (Lipinski definition) is 6. The van der Waals surface area contributed by atoms with E-state index in [1.54, 1.807) is 23.2 Å². The Morgan fingerprint density at radius 3 is 2.58 bits per heavy atom. The van der Waals surface area contributed by atoms with Gasteiger partial charge in [0, 0.05) is 12.7 Å². The number of hydrogen-bond donors (Lipinski definition) is 0. The molecule has 1 amide bonds. The normalized spacial score (nSPS) is 15.8. The second-order valence-corrected chi connectivity index (χ2v) is 10.8. The first kappa shape index (κ1) is 26.1. The van der Waals surface area contributed by atoms with Crippen molar-refractivity contribution in [1.82, 2.24) is 14.3 Å². The van der Waals surface area contributed by atoms with Gasteiger partial charge in [0.2, 0.25) is 5.88 Å². The quantitative estimate of drug-likeness (QED) is 0.236. The van der Waals surface area contributed by atoms with Gasteiger partial charge in [0.05, 0.1) is 4.91 Å². The van der Waals surface area contributed by atoms with Gasteiger partial charge in [-0.2, -0.15) is 4.98 Å². The van der Waals surface area contributed by atoms with Crippen LogP contribution in [0.25, 0.3) is 11.7 Å². The van der Waals surface area contributed by atoms with E-state index in [0.717, 1.165) is 36.8 Å². The summed E-state index contributed by atoms with van der Waals surface area (Å²) >= 11 is 6.79. The third-order valence-corrected chi connectivity index (χ3v) is 7.86. The highest BCUT2D eigenvalue weighted by molar-refractivity contribution is 8.26. The van der Waals surface area contributed by atoms with Crippen LogP contribution in [0.2, 0.25) is 0 Å². The number of aromatic nitrogens is 2. The number of rotatable bonds is 9. The number of carbonyl (C=O) groups excluding carboxylic acids is 1. The number of aryl methyl sites for hydroxylation is 2. The first-order chi connectivity index (χ1) is 17.3. The molecule has 1 fully saturated rings. The van der Waals surface area contributed by atoms with Crippen molar-refractivity contribution in [1.29, 1.82) is 0 Å². The average Bonchev–Trinajstić information content (AvgIpc) is 3.13. The minimum absolute atomic E-state index is 0.170. The maximum Gasteiger partial charge on any atom is 0.269 e. The molecule has 0 spiro atoms. The van der Waals surface area contributed by atoms with E-state index in [0.29, 0.717) is 33.1 Å². The van der Waals surface area contributed by atoms with Gasteiger partial charge in [-0.1, -0.05) is 81.4 Å². The van der Waals surface area contributed by atoms with Gasteiger partial charge in [0.15, 0.2) is 0 Å². The number of thioether (sulfide) groups is 1. The Hall–Kier alpha value is -2.97. The van der Waals surface area contributed by atoms with Gasteiger partial charge in [0.1, 0.15) is 21.3 Å². The summed E-state index contributed by atoms with van der Waals surface area (Å²) in [5.74, 6) is 0.993. The van der Waals surface area contributed by atoms with E-state index in [1.165, 1.54) is 16.2 Å². The number of unbranched alkanes of at least 4 members (excludes halogenated alkanes) is 1. The number of amides is 1. The van der Waals surface area contributed by atoms with Crippen molar-refractivity contribution in [2.24, 2.45) is 5.92 Å². The van der Waals surface area contributed by atoms with E-state index in [2.05, 4.69) is 13.8 Å². The maximum atomic E-state index is 13.6. The van der Waals surface area contributed by atoms with Crippen LogP contribution in [0.5, 0.6) is 11.6 Å². The Balaban J connectivity index is 1.76. The smallest absolute Gasteiger partial charge is 0.269 e. The molecule has 1 saturated heterocycles. The second kappa shape index (κ2) is 11.4. The van der Waals surface area contributed by atoms with Crippen molar-refractivity contribution < 1.29 is 9.53 Å². The van der Waals surface area contributed by atoms with Crippen LogP contribution < -0.4 is 10.3 Å². The standard InChI is InChI=1S/C28H31N3O3S2/c1-5-7-13-20(6-2)17-31-27(33)23(36-28(31)35)16-21-25(34-22-14-9-8-11-18(22)3)29-24-19(4)12-10-15-30(24)26(21)32/h8-12,14-16,20H,5-7,13,17H2,1-4H3/b23-16+. The monoisotopic (exact) mass is 521 g/mol. The molecule has 6 nitrogen and oxygen atoms in total. The van der Waals surface area contributed by atoms with Crippen LogP contribution in [0.15, 0.2) is 52.3 Å². The van der Waals surface area contributed by atoms with E-state index >= 15 is 0 Å². The molecule has 0 saturated carbocycles. The fourth-order valence-electron chi connectivity index (χ4n) is 4.23. The van der Waals surface area contributed by atoms with Crippen molar-refractivity contribution in [3.05, 3.63) is 74.5 Å². The summed E-state index contributed by atoms with van der Waals surface area (Å²) in [5.41, 5.74) is 2.20. The number of ether oxygens (including phenoxy) is 1. The van der Waals surface area contributed by atoms with Gasteiger partial charge in [-0.05, 0) is 55.5 Å².